The molecule has 0 spiro atoms. The molecule has 0 bridgehead atoms. The third-order valence-electron chi connectivity index (χ3n) is 2.88. The van der Waals surface area contributed by atoms with Crippen LogP contribution in [0.5, 0.6) is 11.5 Å². The summed E-state index contributed by atoms with van der Waals surface area (Å²) in [4.78, 5) is 11.8. The molecule has 0 aliphatic rings. The maximum Gasteiger partial charge on any atom is 0.262 e. The van der Waals surface area contributed by atoms with Gasteiger partial charge in [-0.3, -0.25) is 4.79 Å². The molecule has 0 saturated carbocycles. The minimum Gasteiger partial charge on any atom is -0.490 e. The zero-order chi connectivity index (χ0) is 17.5. The van der Waals surface area contributed by atoms with Crippen LogP contribution in [0.3, 0.4) is 0 Å². The number of hydrogen-bond donors (Lipinski definition) is 1. The van der Waals surface area contributed by atoms with Crippen LogP contribution >= 0.6 is 0 Å². The second-order valence-electron chi connectivity index (χ2n) is 4.70. The Morgan fingerprint density at radius 3 is 2.46 bits per heavy atom. The van der Waals surface area contributed by atoms with Gasteiger partial charge in [-0.2, -0.15) is 5.26 Å². The third kappa shape index (κ3) is 4.68. The quantitative estimate of drug-likeness (QED) is 0.881. The van der Waals surface area contributed by atoms with E-state index in [4.69, 9.17) is 14.7 Å². The SMILES string of the molecule is CCOc1cc(C#N)ccc1OCC(=O)Nc1cc(F)cc(F)c1. The lowest BCUT2D eigenvalue weighted by molar-refractivity contribution is -0.118. The molecule has 0 aliphatic heterocycles. The van der Waals surface area contributed by atoms with E-state index in [1.165, 1.54) is 18.2 Å². The fraction of sp³-hybridized carbons (Fsp3) is 0.176. The average Bonchev–Trinajstić information content (AvgIpc) is 2.53. The number of benzene rings is 2. The Hall–Kier alpha value is -3.14. The molecule has 0 atom stereocenters. The van der Waals surface area contributed by atoms with Gasteiger partial charge in [-0.15, -0.1) is 0 Å². The maximum atomic E-state index is 13.1. The number of nitrogens with zero attached hydrogens (tertiary/aromatic N) is 1. The van der Waals surface area contributed by atoms with Gasteiger partial charge in [-0.1, -0.05) is 0 Å². The van der Waals surface area contributed by atoms with Crippen LogP contribution in [-0.4, -0.2) is 19.1 Å². The van der Waals surface area contributed by atoms with Crippen molar-refractivity contribution in [1.29, 1.82) is 5.26 Å². The van der Waals surface area contributed by atoms with Gasteiger partial charge < -0.3 is 14.8 Å². The number of rotatable bonds is 6. The van der Waals surface area contributed by atoms with Crippen LogP contribution in [0.4, 0.5) is 14.5 Å². The molecule has 0 heterocycles. The predicted molar refractivity (Wildman–Crippen MR) is 82.8 cm³/mol. The highest BCUT2D eigenvalue weighted by Crippen LogP contribution is 2.28. The molecular weight excluding hydrogens is 318 g/mol. The largest absolute Gasteiger partial charge is 0.490 e. The Morgan fingerprint density at radius 2 is 1.83 bits per heavy atom. The Labute approximate surface area is 137 Å². The molecule has 1 N–H and O–H groups in total. The summed E-state index contributed by atoms with van der Waals surface area (Å²) in [6, 6.07) is 9.21. The Kier molecular flexibility index (Phi) is 5.68. The molecule has 0 radical (unpaired) electrons. The van der Waals surface area contributed by atoms with Gasteiger partial charge in [0, 0.05) is 17.8 Å². The molecule has 0 aliphatic carbocycles. The molecule has 0 saturated heterocycles. The van der Waals surface area contributed by atoms with Crippen LogP contribution in [-0.2, 0) is 4.79 Å². The van der Waals surface area contributed by atoms with Crippen molar-refractivity contribution in [3.8, 4) is 17.6 Å². The predicted octanol–water partition coefficient (Wildman–Crippen LogP) is 3.25. The van der Waals surface area contributed by atoms with Gasteiger partial charge in [-0.25, -0.2) is 8.78 Å². The fourth-order valence-electron chi connectivity index (χ4n) is 1.93. The first-order valence-corrected chi connectivity index (χ1v) is 7.07. The molecule has 1 amide bonds. The van der Waals surface area contributed by atoms with E-state index in [0.717, 1.165) is 12.1 Å². The molecule has 5 nitrogen and oxygen atoms in total. The minimum absolute atomic E-state index is 0.00837. The van der Waals surface area contributed by atoms with Gasteiger partial charge in [0.1, 0.15) is 11.6 Å². The highest BCUT2D eigenvalue weighted by atomic mass is 19.1. The van der Waals surface area contributed by atoms with Crippen molar-refractivity contribution in [3.05, 3.63) is 53.6 Å². The van der Waals surface area contributed by atoms with Crippen molar-refractivity contribution < 1.29 is 23.0 Å². The van der Waals surface area contributed by atoms with Crippen LogP contribution in [0.15, 0.2) is 36.4 Å². The lowest BCUT2D eigenvalue weighted by atomic mass is 10.2. The van der Waals surface area contributed by atoms with Crippen molar-refractivity contribution in [2.45, 2.75) is 6.92 Å². The smallest absolute Gasteiger partial charge is 0.262 e. The summed E-state index contributed by atoms with van der Waals surface area (Å²) in [6.45, 7) is 1.75. The number of carbonyl (C=O) groups is 1. The summed E-state index contributed by atoms with van der Waals surface area (Å²) in [5.41, 5.74) is 0.386. The summed E-state index contributed by atoms with van der Waals surface area (Å²) in [5, 5.41) is 11.2. The molecule has 7 heteroatoms. The zero-order valence-corrected chi connectivity index (χ0v) is 12.8. The molecule has 124 valence electrons. The van der Waals surface area contributed by atoms with E-state index in [0.29, 0.717) is 24.0 Å². The third-order valence-corrected chi connectivity index (χ3v) is 2.88. The summed E-state index contributed by atoms with van der Waals surface area (Å²) >= 11 is 0. The number of hydrogen-bond acceptors (Lipinski definition) is 4. The molecule has 2 aromatic carbocycles. The van der Waals surface area contributed by atoms with E-state index in [9.17, 15) is 13.6 Å². The molecular formula is C17H14F2N2O3. The number of ether oxygens (including phenoxy) is 2. The summed E-state index contributed by atoms with van der Waals surface area (Å²) in [7, 11) is 0. The van der Waals surface area contributed by atoms with E-state index < -0.39 is 17.5 Å². The van der Waals surface area contributed by atoms with Crippen LogP contribution in [0.25, 0.3) is 0 Å². The number of nitriles is 1. The topological polar surface area (TPSA) is 71.3 Å². The van der Waals surface area contributed by atoms with Crippen LogP contribution < -0.4 is 14.8 Å². The van der Waals surface area contributed by atoms with Crippen molar-refractivity contribution in [1.82, 2.24) is 0 Å². The number of halogens is 2. The Bertz CT molecular complexity index is 768. The van der Waals surface area contributed by atoms with Gasteiger partial charge in [0.05, 0.1) is 18.2 Å². The van der Waals surface area contributed by atoms with Crippen molar-refractivity contribution in [2.24, 2.45) is 0 Å². The normalized spacial score (nSPS) is 9.92. The number of anilines is 1. The fourth-order valence-corrected chi connectivity index (χ4v) is 1.93. The highest BCUT2D eigenvalue weighted by molar-refractivity contribution is 5.91. The number of nitrogens with one attached hydrogen (secondary N) is 1. The first-order valence-electron chi connectivity index (χ1n) is 7.07. The highest BCUT2D eigenvalue weighted by Gasteiger charge is 2.10. The number of carbonyl (C=O) groups excluding carboxylic acids is 1. The minimum atomic E-state index is -0.794. The Balaban J connectivity index is 2.02. The molecule has 0 unspecified atom stereocenters. The van der Waals surface area contributed by atoms with Gasteiger partial charge >= 0.3 is 0 Å². The van der Waals surface area contributed by atoms with Crippen LogP contribution in [0, 0.1) is 23.0 Å². The first kappa shape index (κ1) is 17.2. The summed E-state index contributed by atoms with van der Waals surface area (Å²) in [6.07, 6.45) is 0. The van der Waals surface area contributed by atoms with E-state index in [1.54, 1.807) is 6.92 Å². The zero-order valence-electron chi connectivity index (χ0n) is 12.8. The lowest BCUT2D eigenvalue weighted by Crippen LogP contribution is -2.20. The standard InChI is InChI=1S/C17H14F2N2O3/c1-2-23-16-5-11(9-20)3-4-15(16)24-10-17(22)21-14-7-12(18)6-13(19)8-14/h3-8H,2,10H2,1H3,(H,21,22). The lowest BCUT2D eigenvalue weighted by Gasteiger charge is -2.12. The molecule has 0 aromatic heterocycles. The molecule has 24 heavy (non-hydrogen) atoms. The molecule has 2 rings (SSSR count). The van der Waals surface area contributed by atoms with Crippen molar-refractivity contribution in [2.75, 3.05) is 18.5 Å². The van der Waals surface area contributed by atoms with Crippen molar-refractivity contribution in [3.63, 3.8) is 0 Å². The summed E-state index contributed by atoms with van der Waals surface area (Å²) < 4.78 is 36.9. The second-order valence-corrected chi connectivity index (χ2v) is 4.70. The number of amides is 1. The summed E-state index contributed by atoms with van der Waals surface area (Å²) in [5.74, 6) is -1.56. The van der Waals surface area contributed by atoms with E-state index in [1.807, 2.05) is 6.07 Å². The van der Waals surface area contributed by atoms with E-state index in [2.05, 4.69) is 5.32 Å². The van der Waals surface area contributed by atoms with Gasteiger partial charge in [0.2, 0.25) is 0 Å². The van der Waals surface area contributed by atoms with Crippen molar-refractivity contribution >= 4 is 11.6 Å². The first-order chi connectivity index (χ1) is 11.5. The molecule has 0 fully saturated rings. The maximum absolute atomic E-state index is 13.1. The van der Waals surface area contributed by atoms with E-state index >= 15 is 0 Å². The van der Waals surface area contributed by atoms with Gasteiger partial charge in [-0.05, 0) is 31.2 Å². The monoisotopic (exact) mass is 332 g/mol. The average molecular weight is 332 g/mol. The molecule has 2 aromatic rings. The second kappa shape index (κ2) is 7.92. The van der Waals surface area contributed by atoms with E-state index in [-0.39, 0.29) is 18.0 Å². The van der Waals surface area contributed by atoms with Crippen LogP contribution in [0.1, 0.15) is 12.5 Å². The Morgan fingerprint density at radius 1 is 1.12 bits per heavy atom. The van der Waals surface area contributed by atoms with Crippen LogP contribution in [0.2, 0.25) is 0 Å². The van der Waals surface area contributed by atoms with Gasteiger partial charge in [0.25, 0.3) is 5.91 Å². The van der Waals surface area contributed by atoms with Gasteiger partial charge in [0.15, 0.2) is 18.1 Å².